The zero-order valence-corrected chi connectivity index (χ0v) is 19.2. The maximum Gasteiger partial charge on any atom is 0.245 e. The molecule has 2 fully saturated rings. The molecule has 0 spiro atoms. The highest BCUT2D eigenvalue weighted by atomic mass is 16.2. The van der Waals surface area contributed by atoms with E-state index in [0.29, 0.717) is 6.42 Å². The monoisotopic (exact) mass is 392 g/mol. The molecule has 2 rings (SSSR count). The van der Waals surface area contributed by atoms with Crippen LogP contribution in [0.3, 0.4) is 0 Å². The first-order valence-electron chi connectivity index (χ1n) is 9.85. The molecule has 0 radical (unpaired) electrons. The van der Waals surface area contributed by atoms with Crippen LogP contribution in [0.2, 0.25) is 0 Å². The number of allylic oxidation sites excluding steroid dienone is 2. The number of hydrogen-bond donors (Lipinski definition) is 2. The van der Waals surface area contributed by atoms with Crippen molar-refractivity contribution in [2.75, 3.05) is 0 Å². The molecule has 160 valence electrons. The summed E-state index contributed by atoms with van der Waals surface area (Å²) in [5.41, 5.74) is 1.36. The number of nitrogens with two attached hydrogens (primary N) is 2. The molecule has 3 atom stereocenters. The quantitative estimate of drug-likeness (QED) is 0.484. The highest BCUT2D eigenvalue weighted by Crippen LogP contribution is 2.50. The van der Waals surface area contributed by atoms with Crippen LogP contribution in [0.25, 0.3) is 0 Å². The molecule has 2 aliphatic heterocycles. The molecule has 2 saturated heterocycles. The minimum absolute atomic E-state index is 0.00118. The molecule has 6 nitrogen and oxygen atoms in total. The van der Waals surface area contributed by atoms with E-state index in [9.17, 15) is 9.59 Å². The van der Waals surface area contributed by atoms with Crippen molar-refractivity contribution in [1.82, 2.24) is 10.0 Å². The Balaban J connectivity index is 0.000000292. The van der Waals surface area contributed by atoms with Crippen LogP contribution in [0.5, 0.6) is 0 Å². The van der Waals surface area contributed by atoms with Crippen LogP contribution in [0.1, 0.15) is 68.7 Å². The topological polar surface area (TPSA) is 92.7 Å². The minimum Gasteiger partial charge on any atom is -0.273 e. The molecule has 2 aliphatic rings. The van der Waals surface area contributed by atoms with E-state index in [4.69, 9.17) is 11.7 Å². The number of nitrogens with zero attached hydrogens (tertiary/aromatic N) is 2. The van der Waals surface area contributed by atoms with Crippen LogP contribution < -0.4 is 11.7 Å². The predicted octanol–water partition coefficient (Wildman–Crippen LogP) is 3.81. The zero-order chi connectivity index (χ0) is 22.4. The molecule has 0 aliphatic carbocycles. The van der Waals surface area contributed by atoms with E-state index in [2.05, 4.69) is 54.7 Å². The SMILES string of the molecule is C=C1C(C(C)(C)C)C(C(C)(C)C)C(=O)N1N.C=C1CC(C(C)(C)C)C(=O)N1N. The van der Waals surface area contributed by atoms with Gasteiger partial charge in [-0.05, 0) is 16.2 Å². The summed E-state index contributed by atoms with van der Waals surface area (Å²) < 4.78 is 0. The lowest BCUT2D eigenvalue weighted by Gasteiger charge is -2.37. The number of hydrazine groups is 2. The van der Waals surface area contributed by atoms with Gasteiger partial charge in [-0.2, -0.15) is 0 Å². The highest BCUT2D eigenvalue weighted by molar-refractivity contribution is 5.85. The Labute approximate surface area is 170 Å². The molecule has 28 heavy (non-hydrogen) atoms. The van der Waals surface area contributed by atoms with Crippen LogP contribution in [0, 0.1) is 34.0 Å². The number of carbonyl (C=O) groups excluding carboxylic acids is 2. The van der Waals surface area contributed by atoms with Crippen molar-refractivity contribution in [3.05, 3.63) is 24.6 Å². The van der Waals surface area contributed by atoms with Gasteiger partial charge in [-0.1, -0.05) is 75.5 Å². The normalized spacial score (nSPS) is 26.8. The molecule has 0 aromatic heterocycles. The first-order chi connectivity index (χ1) is 12.3. The van der Waals surface area contributed by atoms with Crippen molar-refractivity contribution in [3.8, 4) is 0 Å². The molecule has 0 aromatic carbocycles. The van der Waals surface area contributed by atoms with Gasteiger partial charge in [0.1, 0.15) is 0 Å². The summed E-state index contributed by atoms with van der Waals surface area (Å²) >= 11 is 0. The van der Waals surface area contributed by atoms with Crippen LogP contribution in [0.15, 0.2) is 24.6 Å². The van der Waals surface area contributed by atoms with Gasteiger partial charge in [0, 0.05) is 23.7 Å². The Hall–Kier alpha value is -1.66. The molecular formula is C22H40N4O2. The smallest absolute Gasteiger partial charge is 0.245 e. The third kappa shape index (κ3) is 4.84. The van der Waals surface area contributed by atoms with E-state index >= 15 is 0 Å². The van der Waals surface area contributed by atoms with Gasteiger partial charge in [0.2, 0.25) is 11.8 Å². The maximum atomic E-state index is 12.2. The fourth-order valence-corrected chi connectivity index (χ4v) is 4.07. The summed E-state index contributed by atoms with van der Waals surface area (Å²) in [7, 11) is 0. The third-order valence-electron chi connectivity index (χ3n) is 5.73. The highest BCUT2D eigenvalue weighted by Gasteiger charge is 2.52. The summed E-state index contributed by atoms with van der Waals surface area (Å²) in [6.45, 7) is 26.5. The molecule has 2 amide bonds. The Kier molecular flexibility index (Phi) is 6.65. The van der Waals surface area contributed by atoms with Crippen molar-refractivity contribution in [3.63, 3.8) is 0 Å². The molecule has 6 heteroatoms. The largest absolute Gasteiger partial charge is 0.273 e. The van der Waals surface area contributed by atoms with Gasteiger partial charge in [0.15, 0.2) is 0 Å². The van der Waals surface area contributed by atoms with Crippen LogP contribution >= 0.6 is 0 Å². The number of hydrogen-bond acceptors (Lipinski definition) is 4. The maximum absolute atomic E-state index is 12.2. The van der Waals surface area contributed by atoms with E-state index in [-0.39, 0.29) is 45.8 Å². The average molecular weight is 393 g/mol. The summed E-state index contributed by atoms with van der Waals surface area (Å²) in [5, 5.41) is 2.42. The van der Waals surface area contributed by atoms with Gasteiger partial charge < -0.3 is 0 Å². The lowest BCUT2D eigenvalue weighted by molar-refractivity contribution is -0.134. The summed E-state index contributed by atoms with van der Waals surface area (Å²) in [6.07, 6.45) is 0.693. The van der Waals surface area contributed by atoms with Gasteiger partial charge in [-0.15, -0.1) is 0 Å². The second-order valence-corrected chi connectivity index (χ2v) is 11.3. The zero-order valence-electron chi connectivity index (χ0n) is 19.2. The molecule has 0 aromatic rings. The minimum atomic E-state index is -0.0912. The van der Waals surface area contributed by atoms with E-state index < -0.39 is 0 Å². The van der Waals surface area contributed by atoms with Gasteiger partial charge in [0.05, 0.1) is 11.8 Å². The van der Waals surface area contributed by atoms with Crippen LogP contribution in [0.4, 0.5) is 0 Å². The van der Waals surface area contributed by atoms with Crippen molar-refractivity contribution in [2.24, 2.45) is 45.7 Å². The first-order valence-corrected chi connectivity index (χ1v) is 9.85. The van der Waals surface area contributed by atoms with Crippen molar-refractivity contribution < 1.29 is 9.59 Å². The Morgan fingerprint density at radius 3 is 1.39 bits per heavy atom. The van der Waals surface area contributed by atoms with E-state index in [1.165, 1.54) is 10.0 Å². The van der Waals surface area contributed by atoms with Crippen molar-refractivity contribution >= 4 is 11.8 Å². The van der Waals surface area contributed by atoms with E-state index in [0.717, 1.165) is 11.4 Å². The van der Waals surface area contributed by atoms with Crippen LogP contribution in [-0.4, -0.2) is 21.8 Å². The Morgan fingerprint density at radius 2 is 1.18 bits per heavy atom. The second-order valence-electron chi connectivity index (χ2n) is 11.3. The second kappa shape index (κ2) is 7.64. The third-order valence-corrected chi connectivity index (χ3v) is 5.73. The fourth-order valence-electron chi connectivity index (χ4n) is 4.07. The summed E-state index contributed by atoms with van der Waals surface area (Å²) in [6, 6.07) is 0. The lowest BCUT2D eigenvalue weighted by atomic mass is 9.65. The van der Waals surface area contributed by atoms with Crippen molar-refractivity contribution in [2.45, 2.75) is 68.7 Å². The molecule has 0 saturated carbocycles. The fraction of sp³-hybridized carbons (Fsp3) is 0.727. The molecule has 2 heterocycles. The Bertz CT molecular complexity index is 629. The van der Waals surface area contributed by atoms with E-state index in [1.54, 1.807) is 0 Å². The molecule has 0 bridgehead atoms. The molecule has 3 unspecified atom stereocenters. The number of carbonyl (C=O) groups is 2. The predicted molar refractivity (Wildman–Crippen MR) is 114 cm³/mol. The van der Waals surface area contributed by atoms with Gasteiger partial charge in [-0.25, -0.2) is 11.7 Å². The van der Waals surface area contributed by atoms with E-state index in [1.807, 2.05) is 20.8 Å². The van der Waals surface area contributed by atoms with Crippen LogP contribution in [-0.2, 0) is 9.59 Å². The molecular weight excluding hydrogens is 352 g/mol. The number of amides is 2. The van der Waals surface area contributed by atoms with Gasteiger partial charge in [0.25, 0.3) is 0 Å². The Morgan fingerprint density at radius 1 is 0.750 bits per heavy atom. The van der Waals surface area contributed by atoms with Gasteiger partial charge >= 0.3 is 0 Å². The number of rotatable bonds is 0. The lowest BCUT2D eigenvalue weighted by Crippen LogP contribution is -2.38. The summed E-state index contributed by atoms with van der Waals surface area (Å²) in [5.74, 6) is 11.3. The van der Waals surface area contributed by atoms with Gasteiger partial charge in [-0.3, -0.25) is 19.6 Å². The summed E-state index contributed by atoms with van der Waals surface area (Å²) in [4.78, 5) is 23.7. The van der Waals surface area contributed by atoms with Crippen molar-refractivity contribution in [1.29, 1.82) is 0 Å². The first kappa shape index (κ1) is 24.4. The average Bonchev–Trinajstić information content (AvgIpc) is 2.89. The molecule has 4 N–H and O–H groups in total. The standard InChI is InChI=1S/C13H24N2O.C9H16N2O/c1-8-9(12(2,3)4)10(13(5,6)7)11(16)15(8)14;1-6-5-7(9(2,3)4)8(12)11(6)10/h9-10H,1,14H2,2-7H3;7H,1,5,10H2,2-4H3.